The van der Waals surface area contributed by atoms with E-state index >= 15 is 0 Å². The topological polar surface area (TPSA) is 49.9 Å². The fourth-order valence-electron chi connectivity index (χ4n) is 3.53. The average Bonchev–Trinajstić information content (AvgIpc) is 3.03. The molecule has 3 rings (SSSR count). The SMILES string of the molecule is C[C@@H](c1ccc(F)cc1)N1C(=O)[C@H]2C[C@H]1CN2C(=O)OC(C)(C)C. The van der Waals surface area contributed by atoms with Gasteiger partial charge in [0.25, 0.3) is 0 Å². The molecule has 130 valence electrons. The van der Waals surface area contributed by atoms with E-state index in [4.69, 9.17) is 4.74 Å². The second-order valence-electron chi connectivity index (χ2n) is 7.51. The van der Waals surface area contributed by atoms with Crippen LogP contribution in [0.5, 0.6) is 0 Å². The molecule has 0 N–H and O–H groups in total. The Balaban J connectivity index is 1.72. The van der Waals surface area contributed by atoms with E-state index < -0.39 is 17.7 Å². The lowest BCUT2D eigenvalue weighted by Crippen LogP contribution is -2.53. The maximum Gasteiger partial charge on any atom is 0.411 e. The molecule has 2 aliphatic heterocycles. The molecule has 1 aromatic carbocycles. The standard InChI is InChI=1S/C18H23FN2O3/c1-11(12-5-7-13(19)8-6-12)21-14-9-15(16(21)22)20(10-14)17(23)24-18(2,3)4/h5-8,11,14-15H,9-10H2,1-4H3/t11-,14-,15+/m0/s1. The van der Waals surface area contributed by atoms with Gasteiger partial charge in [0.2, 0.25) is 5.91 Å². The molecule has 0 unspecified atom stereocenters. The van der Waals surface area contributed by atoms with Crippen LogP contribution in [0.25, 0.3) is 0 Å². The third-order valence-corrected chi connectivity index (χ3v) is 4.61. The summed E-state index contributed by atoms with van der Waals surface area (Å²) < 4.78 is 18.5. The third-order valence-electron chi connectivity index (χ3n) is 4.61. The second-order valence-corrected chi connectivity index (χ2v) is 7.51. The molecule has 1 aromatic rings. The molecule has 5 nitrogen and oxygen atoms in total. The lowest BCUT2D eigenvalue weighted by molar-refractivity contribution is -0.138. The summed E-state index contributed by atoms with van der Waals surface area (Å²) >= 11 is 0. The Morgan fingerprint density at radius 3 is 2.46 bits per heavy atom. The van der Waals surface area contributed by atoms with Crippen LogP contribution in [0, 0.1) is 5.82 Å². The Kier molecular flexibility index (Phi) is 4.01. The minimum atomic E-state index is -0.580. The number of benzene rings is 1. The number of ether oxygens (including phenoxy) is 1. The van der Waals surface area contributed by atoms with E-state index in [0.717, 1.165) is 5.56 Å². The number of carbonyl (C=O) groups excluding carboxylic acids is 2. The van der Waals surface area contributed by atoms with Gasteiger partial charge in [-0.2, -0.15) is 0 Å². The molecule has 2 saturated heterocycles. The Morgan fingerprint density at radius 2 is 1.92 bits per heavy atom. The Labute approximate surface area is 141 Å². The summed E-state index contributed by atoms with van der Waals surface area (Å²) in [4.78, 5) is 28.4. The van der Waals surface area contributed by atoms with E-state index in [2.05, 4.69) is 0 Å². The number of piperazine rings is 1. The average molecular weight is 334 g/mol. The Bertz CT molecular complexity index is 653. The van der Waals surface area contributed by atoms with Gasteiger partial charge in [0, 0.05) is 6.54 Å². The zero-order valence-corrected chi connectivity index (χ0v) is 14.5. The normalized spacial score (nSPS) is 24.5. The minimum Gasteiger partial charge on any atom is -0.444 e. The molecule has 2 fully saturated rings. The van der Waals surface area contributed by atoms with E-state index in [1.807, 2.05) is 32.6 Å². The smallest absolute Gasteiger partial charge is 0.411 e. The van der Waals surface area contributed by atoms with Crippen molar-refractivity contribution in [1.82, 2.24) is 9.80 Å². The highest BCUT2D eigenvalue weighted by Crippen LogP contribution is 2.38. The van der Waals surface area contributed by atoms with Crippen molar-refractivity contribution >= 4 is 12.0 Å². The van der Waals surface area contributed by atoms with Crippen molar-refractivity contribution in [2.24, 2.45) is 0 Å². The van der Waals surface area contributed by atoms with Gasteiger partial charge in [-0.1, -0.05) is 12.1 Å². The molecular formula is C18H23FN2O3. The Hall–Kier alpha value is -2.11. The van der Waals surface area contributed by atoms with Crippen LogP contribution >= 0.6 is 0 Å². The van der Waals surface area contributed by atoms with Crippen molar-refractivity contribution in [1.29, 1.82) is 0 Å². The number of nitrogens with zero attached hydrogens (tertiary/aromatic N) is 2. The second kappa shape index (κ2) is 5.76. The highest BCUT2D eigenvalue weighted by molar-refractivity contribution is 5.90. The van der Waals surface area contributed by atoms with Crippen LogP contribution in [0.2, 0.25) is 0 Å². The van der Waals surface area contributed by atoms with E-state index in [1.54, 1.807) is 12.1 Å². The molecule has 2 bridgehead atoms. The summed E-state index contributed by atoms with van der Waals surface area (Å²) in [7, 11) is 0. The van der Waals surface area contributed by atoms with Crippen LogP contribution in [-0.2, 0) is 9.53 Å². The first-order valence-electron chi connectivity index (χ1n) is 8.24. The fraction of sp³-hybridized carbons (Fsp3) is 0.556. The molecular weight excluding hydrogens is 311 g/mol. The number of halogens is 1. The van der Waals surface area contributed by atoms with E-state index in [0.29, 0.717) is 13.0 Å². The van der Waals surface area contributed by atoms with Crippen LogP contribution in [0.3, 0.4) is 0 Å². The van der Waals surface area contributed by atoms with Gasteiger partial charge in [0.1, 0.15) is 17.5 Å². The molecule has 0 aliphatic carbocycles. The predicted molar refractivity (Wildman–Crippen MR) is 86.8 cm³/mol. The lowest BCUT2D eigenvalue weighted by Gasteiger charge is -2.38. The van der Waals surface area contributed by atoms with Gasteiger partial charge in [-0.3, -0.25) is 9.69 Å². The molecule has 0 spiro atoms. The molecule has 3 atom stereocenters. The monoisotopic (exact) mass is 334 g/mol. The highest BCUT2D eigenvalue weighted by atomic mass is 19.1. The number of carbonyl (C=O) groups is 2. The number of hydrogen-bond acceptors (Lipinski definition) is 3. The number of likely N-dealkylation sites (tertiary alicyclic amines) is 2. The van der Waals surface area contributed by atoms with Gasteiger partial charge < -0.3 is 9.64 Å². The van der Waals surface area contributed by atoms with E-state index in [1.165, 1.54) is 17.0 Å². The van der Waals surface area contributed by atoms with E-state index in [-0.39, 0.29) is 23.8 Å². The van der Waals surface area contributed by atoms with Gasteiger partial charge in [-0.05, 0) is 51.8 Å². The quantitative estimate of drug-likeness (QED) is 0.835. The molecule has 6 heteroatoms. The largest absolute Gasteiger partial charge is 0.444 e. The maximum atomic E-state index is 13.1. The first-order valence-corrected chi connectivity index (χ1v) is 8.24. The van der Waals surface area contributed by atoms with Gasteiger partial charge in [-0.25, -0.2) is 9.18 Å². The molecule has 2 heterocycles. The van der Waals surface area contributed by atoms with Crippen molar-refractivity contribution in [3.63, 3.8) is 0 Å². The number of fused-ring (bicyclic) bond motifs is 2. The van der Waals surface area contributed by atoms with Crippen molar-refractivity contribution in [3.05, 3.63) is 35.6 Å². The summed E-state index contributed by atoms with van der Waals surface area (Å²) in [6, 6.07) is 5.59. The summed E-state index contributed by atoms with van der Waals surface area (Å²) in [6.45, 7) is 7.85. The molecule has 24 heavy (non-hydrogen) atoms. The van der Waals surface area contributed by atoms with E-state index in [9.17, 15) is 14.0 Å². The van der Waals surface area contributed by atoms with Crippen molar-refractivity contribution in [2.75, 3.05) is 6.54 Å². The summed E-state index contributed by atoms with van der Waals surface area (Å²) in [5, 5.41) is 0. The van der Waals surface area contributed by atoms with Gasteiger partial charge >= 0.3 is 6.09 Å². The van der Waals surface area contributed by atoms with Crippen LogP contribution in [-0.4, -0.2) is 46.0 Å². The van der Waals surface area contributed by atoms with Crippen LogP contribution in [0.15, 0.2) is 24.3 Å². The number of amides is 2. The van der Waals surface area contributed by atoms with Crippen LogP contribution < -0.4 is 0 Å². The number of hydrogen-bond donors (Lipinski definition) is 0. The molecule has 2 aliphatic rings. The van der Waals surface area contributed by atoms with Crippen LogP contribution in [0.4, 0.5) is 9.18 Å². The summed E-state index contributed by atoms with van der Waals surface area (Å²) in [5.41, 5.74) is 0.310. The Morgan fingerprint density at radius 1 is 1.29 bits per heavy atom. The highest BCUT2D eigenvalue weighted by Gasteiger charge is 2.53. The van der Waals surface area contributed by atoms with Crippen molar-refractivity contribution in [3.8, 4) is 0 Å². The first kappa shape index (κ1) is 16.7. The number of rotatable bonds is 2. The maximum absolute atomic E-state index is 13.1. The van der Waals surface area contributed by atoms with Crippen LogP contribution in [0.1, 0.15) is 45.7 Å². The predicted octanol–water partition coefficient (Wildman–Crippen LogP) is 3.11. The molecule has 0 aromatic heterocycles. The van der Waals surface area contributed by atoms with Gasteiger partial charge in [-0.15, -0.1) is 0 Å². The minimum absolute atomic E-state index is 0.0185. The molecule has 0 saturated carbocycles. The first-order chi connectivity index (χ1) is 11.2. The molecule has 0 radical (unpaired) electrons. The van der Waals surface area contributed by atoms with Crippen molar-refractivity contribution in [2.45, 2.75) is 57.8 Å². The zero-order chi connectivity index (χ0) is 17.6. The summed E-state index contributed by atoms with van der Waals surface area (Å²) in [5.74, 6) is -0.356. The van der Waals surface area contributed by atoms with Gasteiger partial charge in [0.05, 0.1) is 12.1 Å². The lowest BCUT2D eigenvalue weighted by atomic mass is 10.1. The molecule has 2 amide bonds. The van der Waals surface area contributed by atoms with Crippen molar-refractivity contribution < 1.29 is 18.7 Å². The summed E-state index contributed by atoms with van der Waals surface area (Å²) in [6.07, 6.45) is 0.196. The third kappa shape index (κ3) is 2.97. The fourth-order valence-corrected chi connectivity index (χ4v) is 3.53. The van der Waals surface area contributed by atoms with Gasteiger partial charge in [0.15, 0.2) is 0 Å². The zero-order valence-electron chi connectivity index (χ0n) is 14.5.